The van der Waals surface area contributed by atoms with Crippen molar-refractivity contribution in [2.45, 2.75) is 0 Å². The molecule has 7 aromatic carbocycles. The maximum atomic E-state index is 5.30. The van der Waals surface area contributed by atoms with E-state index in [4.69, 9.17) is 24.9 Å². The van der Waals surface area contributed by atoms with Gasteiger partial charge in [-0.25, -0.2) is 24.9 Å². The van der Waals surface area contributed by atoms with Gasteiger partial charge in [0.1, 0.15) is 0 Å². The first-order chi connectivity index (χ1) is 31.2. The van der Waals surface area contributed by atoms with Crippen molar-refractivity contribution in [2.75, 3.05) is 0 Å². The molecule has 63 heavy (non-hydrogen) atoms. The van der Waals surface area contributed by atoms with E-state index in [9.17, 15) is 0 Å². The Bertz CT molecular complexity index is 3770. The summed E-state index contributed by atoms with van der Waals surface area (Å²) in [7, 11) is 0. The fourth-order valence-corrected chi connectivity index (χ4v) is 10.8. The molecule has 0 bridgehead atoms. The van der Waals surface area contributed by atoms with E-state index in [1.807, 2.05) is 48.6 Å². The predicted molar refractivity (Wildman–Crippen MR) is 266 cm³/mol. The summed E-state index contributed by atoms with van der Waals surface area (Å²) in [6, 6.07) is 57.2. The van der Waals surface area contributed by atoms with Crippen LogP contribution in [0.5, 0.6) is 0 Å². The van der Waals surface area contributed by atoms with Crippen molar-refractivity contribution < 1.29 is 0 Å². The summed E-state index contributed by atoms with van der Waals surface area (Å²) in [5, 5.41) is 5.80. The van der Waals surface area contributed by atoms with E-state index >= 15 is 0 Å². The first kappa shape index (κ1) is 36.9. The number of hydrogen-bond acceptors (Lipinski definition) is 7. The molecule has 0 unspecified atom stereocenters. The third-order valence-corrected chi connectivity index (χ3v) is 13.8. The van der Waals surface area contributed by atoms with Crippen LogP contribution >= 0.6 is 22.7 Å². The van der Waals surface area contributed by atoms with Crippen LogP contribution in [-0.2, 0) is 0 Å². The maximum absolute atomic E-state index is 5.30. The van der Waals surface area contributed by atoms with Crippen LogP contribution in [-0.4, -0.2) is 29.5 Å². The molecule has 0 saturated carbocycles. The Morgan fingerprint density at radius 3 is 1.81 bits per heavy atom. The molecule has 0 amide bonds. The van der Waals surface area contributed by atoms with Crippen LogP contribution < -0.4 is 0 Å². The topological polar surface area (TPSA) is 69.4 Å². The molecule has 296 valence electrons. The molecule has 0 N–H and O–H groups in total. The summed E-state index contributed by atoms with van der Waals surface area (Å²) in [6.45, 7) is 3.82. The molecule has 5 heterocycles. The Kier molecular flexibility index (Phi) is 8.91. The van der Waals surface area contributed by atoms with E-state index in [0.717, 1.165) is 69.4 Å². The standard InChI is InChI=1S/C55H34N6S2/c1-2-3-4-8-22-43-51-50(40-20-11-14-25-46(40)63-51)57-55(56-43)41-21-15-26-48-49(41)42-33-36(29-32-47(42)62-48)54-59-52(34-16-6-5-7-17-34)58-53(60-54)35-27-30-37(31-28-35)61-44-23-12-9-18-38(44)39-19-10-13-24-45(39)61/h2-33H,1H2/b4-3-,22-8+. The number of nitrogens with zero attached hydrogens (tertiary/aromatic N) is 6. The normalized spacial score (nSPS) is 12.1. The van der Waals surface area contributed by atoms with Crippen LogP contribution in [0.2, 0.25) is 0 Å². The van der Waals surface area contributed by atoms with Gasteiger partial charge in [0.25, 0.3) is 0 Å². The summed E-state index contributed by atoms with van der Waals surface area (Å²) >= 11 is 3.49. The Labute approximate surface area is 370 Å². The van der Waals surface area contributed by atoms with Gasteiger partial charge in [-0.3, -0.25) is 0 Å². The molecule has 12 aromatic rings. The predicted octanol–water partition coefficient (Wildman–Crippen LogP) is 14.9. The number of para-hydroxylation sites is 2. The largest absolute Gasteiger partial charge is 0.309 e. The second-order valence-electron chi connectivity index (χ2n) is 15.3. The SMILES string of the molecule is C=C/C=C\C=C\c1nc(-c2cccc3sc4ccc(-c5nc(-c6ccccc6)nc(-c6ccc(-n7c8ccccc8c8ccccc87)cc6)n5)cc4c23)nc2c1sc1ccccc12. The highest BCUT2D eigenvalue weighted by molar-refractivity contribution is 7.26. The molecule has 0 aliphatic heterocycles. The number of thiophene rings is 2. The first-order valence-corrected chi connectivity index (χ1v) is 22.3. The molecule has 0 radical (unpaired) electrons. The molecule has 8 heteroatoms. The van der Waals surface area contributed by atoms with Crippen molar-refractivity contribution in [3.8, 4) is 51.2 Å². The van der Waals surface area contributed by atoms with E-state index in [0.29, 0.717) is 23.3 Å². The van der Waals surface area contributed by atoms with Gasteiger partial charge in [0.05, 0.1) is 26.9 Å². The van der Waals surface area contributed by atoms with Gasteiger partial charge in [-0.05, 0) is 72.8 Å². The second kappa shape index (κ2) is 15.2. The molecule has 12 rings (SSSR count). The fourth-order valence-electron chi connectivity index (χ4n) is 8.60. The van der Waals surface area contributed by atoms with Crippen LogP contribution in [0.3, 0.4) is 0 Å². The van der Waals surface area contributed by atoms with Gasteiger partial charge in [-0.1, -0.05) is 128 Å². The molecule has 0 saturated heterocycles. The van der Waals surface area contributed by atoms with Crippen LogP contribution in [0, 0.1) is 0 Å². The van der Waals surface area contributed by atoms with Crippen molar-refractivity contribution >= 4 is 91.0 Å². The number of allylic oxidation sites excluding steroid dienone is 4. The van der Waals surface area contributed by atoms with Crippen LogP contribution in [0.15, 0.2) is 195 Å². The molecule has 0 spiro atoms. The fraction of sp³-hybridized carbons (Fsp3) is 0. The maximum Gasteiger partial charge on any atom is 0.164 e. The lowest BCUT2D eigenvalue weighted by Gasteiger charge is -2.11. The Hall–Kier alpha value is -7.91. The summed E-state index contributed by atoms with van der Waals surface area (Å²) < 4.78 is 6.89. The minimum absolute atomic E-state index is 0.603. The van der Waals surface area contributed by atoms with Crippen LogP contribution in [0.25, 0.3) is 120 Å². The number of benzene rings is 7. The minimum atomic E-state index is 0.603. The number of aromatic nitrogens is 6. The van der Waals surface area contributed by atoms with Crippen LogP contribution in [0.4, 0.5) is 0 Å². The van der Waals surface area contributed by atoms with Crippen LogP contribution in [0.1, 0.15) is 5.69 Å². The Morgan fingerprint density at radius 2 is 1.06 bits per heavy atom. The highest BCUT2D eigenvalue weighted by atomic mass is 32.1. The Balaban J connectivity index is 1.00. The average Bonchev–Trinajstić information content (AvgIpc) is 4.03. The highest BCUT2D eigenvalue weighted by Gasteiger charge is 2.20. The van der Waals surface area contributed by atoms with Gasteiger partial charge in [0.2, 0.25) is 0 Å². The second-order valence-corrected chi connectivity index (χ2v) is 17.4. The van der Waals surface area contributed by atoms with Gasteiger partial charge >= 0.3 is 0 Å². The number of hydrogen-bond donors (Lipinski definition) is 0. The van der Waals surface area contributed by atoms with Gasteiger partial charge in [0, 0.05) is 69.0 Å². The summed E-state index contributed by atoms with van der Waals surface area (Å²) in [4.78, 5) is 25.9. The lowest BCUT2D eigenvalue weighted by atomic mass is 10.0. The van der Waals surface area contributed by atoms with Crippen molar-refractivity contribution in [1.82, 2.24) is 29.5 Å². The minimum Gasteiger partial charge on any atom is -0.309 e. The molecular weight excluding hydrogens is 809 g/mol. The Morgan fingerprint density at radius 1 is 0.444 bits per heavy atom. The van der Waals surface area contributed by atoms with Crippen molar-refractivity contribution in [3.05, 3.63) is 200 Å². The van der Waals surface area contributed by atoms with Crippen molar-refractivity contribution in [2.24, 2.45) is 0 Å². The third-order valence-electron chi connectivity index (χ3n) is 11.5. The monoisotopic (exact) mass is 842 g/mol. The number of rotatable bonds is 8. The zero-order valence-electron chi connectivity index (χ0n) is 33.7. The highest BCUT2D eigenvalue weighted by Crippen LogP contribution is 2.43. The molecule has 6 nitrogen and oxygen atoms in total. The summed E-state index contributed by atoms with van der Waals surface area (Å²) in [5.41, 5.74) is 8.96. The lowest BCUT2D eigenvalue weighted by Crippen LogP contribution is -2.00. The van der Waals surface area contributed by atoms with E-state index in [2.05, 4.69) is 151 Å². The lowest BCUT2D eigenvalue weighted by molar-refractivity contribution is 1.07. The van der Waals surface area contributed by atoms with E-state index < -0.39 is 0 Å². The first-order valence-electron chi connectivity index (χ1n) is 20.7. The molecule has 0 atom stereocenters. The molecule has 0 aliphatic carbocycles. The zero-order valence-corrected chi connectivity index (χ0v) is 35.3. The smallest absolute Gasteiger partial charge is 0.164 e. The number of fused-ring (bicyclic) bond motifs is 9. The molecule has 5 aromatic heterocycles. The van der Waals surface area contributed by atoms with Crippen molar-refractivity contribution in [1.29, 1.82) is 0 Å². The zero-order chi connectivity index (χ0) is 41.9. The molecule has 0 fully saturated rings. The summed E-state index contributed by atoms with van der Waals surface area (Å²) in [5.74, 6) is 2.52. The summed E-state index contributed by atoms with van der Waals surface area (Å²) in [6.07, 6.45) is 9.73. The van der Waals surface area contributed by atoms with Gasteiger partial charge in [-0.15, -0.1) is 22.7 Å². The molecule has 0 aliphatic rings. The van der Waals surface area contributed by atoms with Gasteiger partial charge in [0.15, 0.2) is 23.3 Å². The average molecular weight is 843 g/mol. The van der Waals surface area contributed by atoms with E-state index in [1.54, 1.807) is 28.7 Å². The molecular formula is C55H34N6S2. The quantitative estimate of drug-likeness (QED) is 0.143. The third kappa shape index (κ3) is 6.34. The van der Waals surface area contributed by atoms with E-state index in [-0.39, 0.29) is 0 Å². The van der Waals surface area contributed by atoms with Gasteiger partial charge in [-0.2, -0.15) is 0 Å². The van der Waals surface area contributed by atoms with Gasteiger partial charge < -0.3 is 4.57 Å². The van der Waals surface area contributed by atoms with Crippen molar-refractivity contribution in [3.63, 3.8) is 0 Å². The van der Waals surface area contributed by atoms with E-state index in [1.165, 1.54) is 26.5 Å².